The molecule has 2 saturated heterocycles. The van der Waals surface area contributed by atoms with Crippen molar-refractivity contribution in [3.05, 3.63) is 95.3 Å². The van der Waals surface area contributed by atoms with Crippen molar-refractivity contribution < 1.29 is 27.1 Å². The summed E-state index contributed by atoms with van der Waals surface area (Å²) in [7, 11) is 1.64. The molecule has 2 aliphatic rings. The van der Waals surface area contributed by atoms with Crippen LogP contribution in [0.15, 0.2) is 72.8 Å². The highest BCUT2D eigenvalue weighted by Crippen LogP contribution is 2.37. The van der Waals surface area contributed by atoms with E-state index in [1.54, 1.807) is 18.1 Å². The SMILES string of the molecule is COc1cccc(N2CCN(C[C@@H]3CN(C(=O)c4ccc(F)cc4)C[C@@H]3c3cccc(C(F)(F)F)c3)CC2)c1. The summed E-state index contributed by atoms with van der Waals surface area (Å²) in [6, 6.07) is 18.8. The van der Waals surface area contributed by atoms with Crippen molar-refractivity contribution in [2.45, 2.75) is 12.1 Å². The van der Waals surface area contributed by atoms with E-state index in [0.717, 1.165) is 43.7 Å². The van der Waals surface area contributed by atoms with E-state index in [1.807, 2.05) is 18.2 Å². The molecule has 0 saturated carbocycles. The molecule has 3 aromatic carbocycles. The molecule has 9 heteroatoms. The molecular weight excluding hydrogens is 510 g/mol. The molecule has 2 fully saturated rings. The second-order valence-electron chi connectivity index (χ2n) is 10.2. The number of hydrogen-bond acceptors (Lipinski definition) is 4. The Morgan fingerprint density at radius 2 is 1.64 bits per heavy atom. The van der Waals surface area contributed by atoms with Gasteiger partial charge in [0, 0.05) is 69.0 Å². The smallest absolute Gasteiger partial charge is 0.416 e. The molecule has 0 aromatic heterocycles. The Bertz CT molecular complexity index is 1290. The van der Waals surface area contributed by atoms with E-state index in [-0.39, 0.29) is 17.7 Å². The molecule has 2 aliphatic heterocycles. The minimum atomic E-state index is -4.44. The van der Waals surface area contributed by atoms with Gasteiger partial charge in [0.2, 0.25) is 0 Å². The quantitative estimate of drug-likeness (QED) is 0.385. The van der Waals surface area contributed by atoms with Crippen LogP contribution in [-0.4, -0.2) is 68.6 Å². The van der Waals surface area contributed by atoms with Gasteiger partial charge in [0.15, 0.2) is 0 Å². The fourth-order valence-corrected chi connectivity index (χ4v) is 5.65. The first-order valence-corrected chi connectivity index (χ1v) is 13.0. The van der Waals surface area contributed by atoms with Crippen molar-refractivity contribution in [1.82, 2.24) is 9.80 Å². The van der Waals surface area contributed by atoms with E-state index in [9.17, 15) is 22.4 Å². The average Bonchev–Trinajstić information content (AvgIpc) is 3.37. The number of nitrogens with zero attached hydrogens (tertiary/aromatic N) is 3. The maximum absolute atomic E-state index is 13.5. The number of rotatable bonds is 6. The lowest BCUT2D eigenvalue weighted by Gasteiger charge is -2.38. The van der Waals surface area contributed by atoms with Crippen LogP contribution in [-0.2, 0) is 6.18 Å². The number of halogens is 4. The Morgan fingerprint density at radius 1 is 0.923 bits per heavy atom. The zero-order chi connectivity index (χ0) is 27.6. The van der Waals surface area contributed by atoms with Gasteiger partial charge in [-0.15, -0.1) is 0 Å². The molecule has 206 valence electrons. The van der Waals surface area contributed by atoms with E-state index in [1.165, 1.54) is 36.4 Å². The average molecular weight is 542 g/mol. The molecule has 2 heterocycles. The van der Waals surface area contributed by atoms with Crippen LogP contribution in [0.25, 0.3) is 0 Å². The van der Waals surface area contributed by atoms with Gasteiger partial charge in [-0.3, -0.25) is 9.69 Å². The first-order chi connectivity index (χ1) is 18.7. The predicted octanol–water partition coefficient (Wildman–Crippen LogP) is 5.53. The van der Waals surface area contributed by atoms with E-state index in [4.69, 9.17) is 4.74 Å². The minimum Gasteiger partial charge on any atom is -0.497 e. The summed E-state index contributed by atoms with van der Waals surface area (Å²) in [5.74, 6) is -0.150. The Labute approximate surface area is 225 Å². The zero-order valence-electron chi connectivity index (χ0n) is 21.7. The first kappa shape index (κ1) is 27.0. The molecule has 0 unspecified atom stereocenters. The number of alkyl halides is 3. The third-order valence-corrected chi connectivity index (χ3v) is 7.74. The Kier molecular flexibility index (Phi) is 7.79. The normalized spacial score (nSPS) is 20.3. The Morgan fingerprint density at radius 3 is 2.33 bits per heavy atom. The Hall–Kier alpha value is -3.59. The van der Waals surface area contributed by atoms with Crippen LogP contribution in [0.3, 0.4) is 0 Å². The van der Waals surface area contributed by atoms with Gasteiger partial charge in [0.1, 0.15) is 11.6 Å². The third kappa shape index (κ3) is 6.19. The topological polar surface area (TPSA) is 36.0 Å². The zero-order valence-corrected chi connectivity index (χ0v) is 21.7. The second kappa shape index (κ2) is 11.3. The van der Waals surface area contributed by atoms with Crippen LogP contribution in [0.5, 0.6) is 5.75 Å². The van der Waals surface area contributed by atoms with Crippen molar-refractivity contribution in [2.24, 2.45) is 5.92 Å². The molecule has 0 bridgehead atoms. The van der Waals surface area contributed by atoms with E-state index in [0.29, 0.717) is 30.8 Å². The van der Waals surface area contributed by atoms with Gasteiger partial charge >= 0.3 is 6.18 Å². The monoisotopic (exact) mass is 541 g/mol. The third-order valence-electron chi connectivity index (χ3n) is 7.74. The number of methoxy groups -OCH3 is 1. The highest BCUT2D eigenvalue weighted by molar-refractivity contribution is 5.94. The molecule has 0 spiro atoms. The second-order valence-corrected chi connectivity index (χ2v) is 10.2. The fourth-order valence-electron chi connectivity index (χ4n) is 5.65. The number of hydrogen-bond donors (Lipinski definition) is 0. The van der Waals surface area contributed by atoms with E-state index >= 15 is 0 Å². The van der Waals surface area contributed by atoms with Crippen LogP contribution < -0.4 is 9.64 Å². The van der Waals surface area contributed by atoms with Gasteiger partial charge in [-0.1, -0.05) is 24.3 Å². The molecule has 3 aromatic rings. The Balaban J connectivity index is 1.32. The molecule has 1 amide bonds. The summed E-state index contributed by atoms with van der Waals surface area (Å²) < 4.78 is 59.2. The molecule has 5 nitrogen and oxygen atoms in total. The summed E-state index contributed by atoms with van der Waals surface area (Å²) in [4.78, 5) is 19.6. The summed E-state index contributed by atoms with van der Waals surface area (Å²) >= 11 is 0. The van der Waals surface area contributed by atoms with Gasteiger partial charge in [-0.05, 0) is 53.9 Å². The maximum Gasteiger partial charge on any atom is 0.416 e. The van der Waals surface area contributed by atoms with Gasteiger partial charge in [0.25, 0.3) is 5.91 Å². The standard InChI is InChI=1S/C30H31F4N3O2/c1-39-27-7-3-6-26(17-27)36-14-12-35(13-15-36)18-23-19-37(29(38)21-8-10-25(31)11-9-21)20-28(23)22-4-2-5-24(16-22)30(32,33)34/h2-11,16-17,23,28H,12-15,18-20H2,1H3/t23-,28-/m1/s1. The fraction of sp³-hybridized carbons (Fsp3) is 0.367. The molecule has 2 atom stereocenters. The van der Waals surface area contributed by atoms with Gasteiger partial charge in [0.05, 0.1) is 12.7 Å². The van der Waals surface area contributed by atoms with Crippen LogP contribution in [0.2, 0.25) is 0 Å². The van der Waals surface area contributed by atoms with Gasteiger partial charge in [-0.25, -0.2) is 4.39 Å². The van der Waals surface area contributed by atoms with Crippen LogP contribution in [0.1, 0.15) is 27.4 Å². The molecular formula is C30H31F4N3O2. The first-order valence-electron chi connectivity index (χ1n) is 13.0. The summed E-state index contributed by atoms with van der Waals surface area (Å²) in [6.07, 6.45) is -4.44. The minimum absolute atomic E-state index is 0.0405. The van der Waals surface area contributed by atoms with Crippen LogP contribution in [0.4, 0.5) is 23.2 Å². The molecule has 0 radical (unpaired) electrons. The van der Waals surface area contributed by atoms with E-state index in [2.05, 4.69) is 15.9 Å². The lowest BCUT2D eigenvalue weighted by atomic mass is 9.87. The highest BCUT2D eigenvalue weighted by atomic mass is 19.4. The number of likely N-dealkylation sites (tertiary alicyclic amines) is 1. The van der Waals surface area contributed by atoms with Crippen molar-refractivity contribution in [3.8, 4) is 5.75 Å². The number of amides is 1. The number of carbonyl (C=O) groups is 1. The van der Waals surface area contributed by atoms with Crippen molar-refractivity contribution >= 4 is 11.6 Å². The maximum atomic E-state index is 13.5. The van der Waals surface area contributed by atoms with Crippen molar-refractivity contribution in [3.63, 3.8) is 0 Å². The lowest BCUT2D eigenvalue weighted by Crippen LogP contribution is -2.48. The van der Waals surface area contributed by atoms with Crippen molar-refractivity contribution in [1.29, 1.82) is 0 Å². The van der Waals surface area contributed by atoms with Crippen molar-refractivity contribution in [2.75, 3.05) is 57.8 Å². The number of piperazine rings is 1. The summed E-state index contributed by atoms with van der Waals surface area (Å²) in [5, 5.41) is 0. The largest absolute Gasteiger partial charge is 0.497 e. The lowest BCUT2D eigenvalue weighted by molar-refractivity contribution is -0.137. The summed E-state index contributed by atoms with van der Waals surface area (Å²) in [5.41, 5.74) is 1.35. The van der Waals surface area contributed by atoms with Crippen LogP contribution >= 0.6 is 0 Å². The molecule has 39 heavy (non-hydrogen) atoms. The molecule has 5 rings (SSSR count). The molecule has 0 N–H and O–H groups in total. The summed E-state index contributed by atoms with van der Waals surface area (Å²) in [6.45, 7) is 4.63. The number of ether oxygens (including phenoxy) is 1. The van der Waals surface area contributed by atoms with Gasteiger partial charge < -0.3 is 14.5 Å². The predicted molar refractivity (Wildman–Crippen MR) is 142 cm³/mol. The highest BCUT2D eigenvalue weighted by Gasteiger charge is 2.39. The molecule has 0 aliphatic carbocycles. The van der Waals surface area contributed by atoms with E-state index < -0.39 is 17.6 Å². The number of carbonyl (C=O) groups excluding carboxylic acids is 1. The number of anilines is 1. The number of benzene rings is 3. The van der Waals surface area contributed by atoms with Crippen LogP contribution in [0, 0.1) is 11.7 Å². The van der Waals surface area contributed by atoms with Gasteiger partial charge in [-0.2, -0.15) is 13.2 Å².